The van der Waals surface area contributed by atoms with Gasteiger partial charge in [0.2, 0.25) is 0 Å². The van der Waals surface area contributed by atoms with E-state index in [1.807, 2.05) is 19.1 Å². The molecule has 2 aromatic rings. The quantitative estimate of drug-likeness (QED) is 0.896. The van der Waals surface area contributed by atoms with Gasteiger partial charge in [-0.3, -0.25) is 4.79 Å². The molecular weight excluding hydrogens is 318 g/mol. The van der Waals surface area contributed by atoms with Crippen molar-refractivity contribution in [2.45, 2.75) is 39.2 Å². The van der Waals surface area contributed by atoms with Gasteiger partial charge in [-0.15, -0.1) is 0 Å². The number of nitrogens with one attached hydrogen (secondary N) is 2. The molecule has 2 heterocycles. The van der Waals surface area contributed by atoms with Crippen molar-refractivity contribution in [3.05, 3.63) is 35.5 Å². The van der Waals surface area contributed by atoms with Gasteiger partial charge in [-0.2, -0.15) is 0 Å². The van der Waals surface area contributed by atoms with E-state index >= 15 is 0 Å². The summed E-state index contributed by atoms with van der Waals surface area (Å²) in [5.41, 5.74) is 2.75. The number of nitrogens with zero attached hydrogens (tertiary/aromatic N) is 1. The summed E-state index contributed by atoms with van der Waals surface area (Å²) in [4.78, 5) is 28.8. The largest absolute Gasteiger partial charge is 0.448 e. The molecule has 3 rings (SSSR count). The highest BCUT2D eigenvalue weighted by Crippen LogP contribution is 2.26. The summed E-state index contributed by atoms with van der Waals surface area (Å²) in [6, 6.07) is 7.92. The van der Waals surface area contributed by atoms with Crippen LogP contribution in [0.2, 0.25) is 0 Å². The molecule has 2 N–H and O–H groups in total. The number of hydrogen-bond acceptors (Lipinski definition) is 3. The third-order valence-corrected chi connectivity index (χ3v) is 4.45. The fourth-order valence-corrected chi connectivity index (χ4v) is 2.99. The van der Waals surface area contributed by atoms with Crippen molar-refractivity contribution in [1.29, 1.82) is 0 Å². The van der Waals surface area contributed by atoms with Crippen molar-refractivity contribution in [2.24, 2.45) is 0 Å². The number of ether oxygens (including phenoxy) is 1. The number of hydrogen-bond donors (Lipinski definition) is 2. The van der Waals surface area contributed by atoms with Crippen molar-refractivity contribution >= 4 is 22.9 Å². The number of carbonyl (C=O) groups excluding carboxylic acids is 2. The number of rotatable bonds is 4. The molecule has 0 saturated carbocycles. The van der Waals surface area contributed by atoms with Crippen LogP contribution in [0.3, 0.4) is 0 Å². The highest BCUT2D eigenvalue weighted by Gasteiger charge is 2.24. The summed E-state index contributed by atoms with van der Waals surface area (Å²) in [7, 11) is 0. The first-order chi connectivity index (χ1) is 11.7. The Bertz CT molecular complexity index is 804. The summed E-state index contributed by atoms with van der Waals surface area (Å²) in [6.07, 6.45) is -0.318. The highest BCUT2D eigenvalue weighted by atomic mass is 16.6. The molecule has 1 atom stereocenters. The number of carbonyl (C=O) groups is 2. The van der Waals surface area contributed by atoms with E-state index in [9.17, 15) is 9.59 Å². The van der Waals surface area contributed by atoms with Crippen LogP contribution < -0.4 is 5.32 Å². The maximum absolute atomic E-state index is 12.5. The van der Waals surface area contributed by atoms with E-state index < -0.39 is 0 Å². The second-order valence-corrected chi connectivity index (χ2v) is 7.67. The third-order valence-electron chi connectivity index (χ3n) is 4.45. The van der Waals surface area contributed by atoms with Gasteiger partial charge in [0, 0.05) is 23.5 Å². The van der Waals surface area contributed by atoms with E-state index in [1.54, 1.807) is 4.90 Å². The first-order valence-corrected chi connectivity index (χ1v) is 8.60. The Morgan fingerprint density at radius 1 is 1.36 bits per heavy atom. The van der Waals surface area contributed by atoms with E-state index in [-0.39, 0.29) is 23.5 Å². The molecule has 1 fully saturated rings. The van der Waals surface area contributed by atoms with Gasteiger partial charge in [-0.25, -0.2) is 4.79 Å². The van der Waals surface area contributed by atoms with E-state index in [4.69, 9.17) is 4.74 Å². The summed E-state index contributed by atoms with van der Waals surface area (Å²) in [6.45, 7) is 9.79. The van der Waals surface area contributed by atoms with Gasteiger partial charge >= 0.3 is 6.09 Å². The van der Waals surface area contributed by atoms with Crippen molar-refractivity contribution in [2.75, 3.05) is 19.7 Å². The molecule has 0 bridgehead atoms. The molecule has 0 radical (unpaired) electrons. The summed E-state index contributed by atoms with van der Waals surface area (Å²) in [5.74, 6) is -0.173. The molecule has 1 aromatic carbocycles. The average Bonchev–Trinajstić information content (AvgIpc) is 3.12. The van der Waals surface area contributed by atoms with E-state index in [0.29, 0.717) is 25.4 Å². The van der Waals surface area contributed by atoms with Gasteiger partial charge in [0.25, 0.3) is 5.91 Å². The zero-order chi connectivity index (χ0) is 18.2. The van der Waals surface area contributed by atoms with Gasteiger partial charge < -0.3 is 19.9 Å². The van der Waals surface area contributed by atoms with Crippen LogP contribution in [0.1, 0.15) is 43.7 Å². The standard InChI is InChI=1S/C19H25N3O3/c1-12(11-22-7-8-25-18(22)24)20-17(23)16-9-13-5-6-14(19(2,3)4)10-15(13)21-16/h5-6,9-10,12,21H,7-8,11H2,1-4H3,(H,20,23). The Morgan fingerprint density at radius 2 is 2.12 bits per heavy atom. The SMILES string of the molecule is CC(CN1CCOC1=O)NC(=O)c1cc2ccc(C(C)(C)C)cc2[nH]1. The number of aromatic nitrogens is 1. The maximum Gasteiger partial charge on any atom is 0.410 e. The lowest BCUT2D eigenvalue weighted by Gasteiger charge is -2.19. The van der Waals surface area contributed by atoms with Crippen LogP contribution in [-0.2, 0) is 10.2 Å². The van der Waals surface area contributed by atoms with Gasteiger partial charge in [0.1, 0.15) is 12.3 Å². The highest BCUT2D eigenvalue weighted by molar-refractivity contribution is 5.98. The molecular formula is C19H25N3O3. The second-order valence-electron chi connectivity index (χ2n) is 7.67. The van der Waals surface area contributed by atoms with Crippen molar-refractivity contribution in [1.82, 2.24) is 15.2 Å². The number of amides is 2. The molecule has 2 amide bonds. The fraction of sp³-hybridized carbons (Fsp3) is 0.474. The minimum atomic E-state index is -0.318. The third kappa shape index (κ3) is 3.78. The molecule has 1 unspecified atom stereocenters. The van der Waals surface area contributed by atoms with Crippen LogP contribution >= 0.6 is 0 Å². The number of H-pyrrole nitrogens is 1. The zero-order valence-electron chi connectivity index (χ0n) is 15.2. The number of aromatic amines is 1. The minimum Gasteiger partial charge on any atom is -0.448 e. The Hall–Kier alpha value is -2.50. The van der Waals surface area contributed by atoms with Crippen LogP contribution in [0, 0.1) is 0 Å². The van der Waals surface area contributed by atoms with Gasteiger partial charge in [0.05, 0.1) is 6.54 Å². The molecule has 1 saturated heterocycles. The van der Waals surface area contributed by atoms with Crippen LogP contribution in [0.15, 0.2) is 24.3 Å². The lowest BCUT2D eigenvalue weighted by molar-refractivity contribution is 0.0926. The average molecular weight is 343 g/mol. The molecule has 0 aliphatic carbocycles. The molecule has 1 aromatic heterocycles. The maximum atomic E-state index is 12.5. The van der Waals surface area contributed by atoms with Crippen molar-refractivity contribution in [3.8, 4) is 0 Å². The first kappa shape index (κ1) is 17.3. The minimum absolute atomic E-state index is 0.0561. The predicted molar refractivity (Wildman–Crippen MR) is 96.8 cm³/mol. The van der Waals surface area contributed by atoms with Crippen molar-refractivity contribution < 1.29 is 14.3 Å². The van der Waals surface area contributed by atoms with Crippen LogP contribution in [0.25, 0.3) is 10.9 Å². The van der Waals surface area contributed by atoms with Crippen LogP contribution in [-0.4, -0.2) is 47.6 Å². The summed E-state index contributed by atoms with van der Waals surface area (Å²) in [5, 5.41) is 3.94. The van der Waals surface area contributed by atoms with E-state index in [1.165, 1.54) is 5.56 Å². The Labute approximate surface area is 147 Å². The molecule has 1 aliphatic heterocycles. The summed E-state index contributed by atoms with van der Waals surface area (Å²) >= 11 is 0. The number of benzene rings is 1. The van der Waals surface area contributed by atoms with Crippen LogP contribution in [0.4, 0.5) is 4.79 Å². The number of fused-ring (bicyclic) bond motifs is 1. The summed E-state index contributed by atoms with van der Waals surface area (Å²) < 4.78 is 4.90. The lowest BCUT2D eigenvalue weighted by Crippen LogP contribution is -2.42. The lowest BCUT2D eigenvalue weighted by atomic mass is 9.87. The molecule has 6 nitrogen and oxygen atoms in total. The van der Waals surface area contributed by atoms with E-state index in [2.05, 4.69) is 43.2 Å². The van der Waals surface area contributed by atoms with Crippen LogP contribution in [0.5, 0.6) is 0 Å². The smallest absolute Gasteiger partial charge is 0.410 e. The Kier molecular flexibility index (Phi) is 4.45. The molecule has 1 aliphatic rings. The monoisotopic (exact) mass is 343 g/mol. The van der Waals surface area contributed by atoms with Gasteiger partial charge in [-0.1, -0.05) is 32.9 Å². The van der Waals surface area contributed by atoms with Gasteiger partial charge in [-0.05, 0) is 30.0 Å². The molecule has 0 spiro atoms. The topological polar surface area (TPSA) is 74.4 Å². The normalized spacial score (nSPS) is 16.2. The van der Waals surface area contributed by atoms with E-state index in [0.717, 1.165) is 10.9 Å². The zero-order valence-corrected chi connectivity index (χ0v) is 15.2. The number of cyclic esters (lactones) is 1. The molecule has 6 heteroatoms. The second kappa shape index (κ2) is 6.43. The Balaban J connectivity index is 1.70. The molecule has 134 valence electrons. The fourth-order valence-electron chi connectivity index (χ4n) is 2.99. The van der Waals surface area contributed by atoms with Crippen molar-refractivity contribution in [3.63, 3.8) is 0 Å². The molecule has 25 heavy (non-hydrogen) atoms. The first-order valence-electron chi connectivity index (χ1n) is 8.60. The van der Waals surface area contributed by atoms with Gasteiger partial charge in [0.15, 0.2) is 0 Å². The Morgan fingerprint density at radius 3 is 2.76 bits per heavy atom. The predicted octanol–water partition coefficient (Wildman–Crippen LogP) is 3.04.